The number of nitrogens with one attached hydrogen (secondary N) is 1. The van der Waals surface area contributed by atoms with Crippen LogP contribution in [-0.2, 0) is 9.59 Å². The molecule has 3 aliphatic rings. The van der Waals surface area contributed by atoms with E-state index >= 15 is 0 Å². The smallest absolute Gasteiger partial charge is 0.230 e. The number of hydrogen-bond donors (Lipinski definition) is 1. The summed E-state index contributed by atoms with van der Waals surface area (Å²) in [7, 11) is 0. The Kier molecular flexibility index (Phi) is 3.42. The first kappa shape index (κ1) is 14.1. The van der Waals surface area contributed by atoms with E-state index in [0.717, 1.165) is 12.8 Å². The van der Waals surface area contributed by atoms with Crippen LogP contribution in [0.25, 0.3) is 0 Å². The molecule has 1 saturated heterocycles. The molecule has 20 heavy (non-hydrogen) atoms. The predicted octanol–water partition coefficient (Wildman–Crippen LogP) is 3.43. The zero-order chi connectivity index (χ0) is 14.4. The second-order valence-electron chi connectivity index (χ2n) is 7.88. The van der Waals surface area contributed by atoms with E-state index in [-0.39, 0.29) is 23.1 Å². The maximum atomic E-state index is 12.3. The van der Waals surface area contributed by atoms with E-state index in [0.29, 0.717) is 17.8 Å². The fourth-order valence-electron chi connectivity index (χ4n) is 5.37. The molecule has 0 aromatic heterocycles. The number of amides is 2. The van der Waals surface area contributed by atoms with Gasteiger partial charge in [-0.05, 0) is 55.3 Å². The van der Waals surface area contributed by atoms with E-state index in [1.54, 1.807) is 0 Å². The molecule has 2 spiro atoms. The van der Waals surface area contributed by atoms with Crippen molar-refractivity contribution in [2.45, 2.75) is 71.6 Å². The van der Waals surface area contributed by atoms with Gasteiger partial charge in [-0.25, -0.2) is 0 Å². The van der Waals surface area contributed by atoms with Crippen LogP contribution in [0, 0.1) is 22.7 Å². The fourth-order valence-corrected chi connectivity index (χ4v) is 5.37. The van der Waals surface area contributed by atoms with E-state index in [1.807, 2.05) is 0 Å². The summed E-state index contributed by atoms with van der Waals surface area (Å²) in [5.41, 5.74) is 0.519. The molecule has 3 rings (SSSR count). The second-order valence-corrected chi connectivity index (χ2v) is 7.88. The number of rotatable bonds is 1. The van der Waals surface area contributed by atoms with E-state index in [4.69, 9.17) is 0 Å². The standard InChI is InChI=1S/C17H27NO2/c1-12(2)14-15(20)18-13(19)11-17(14)9-7-16(8-10-17)5-3-4-6-16/h12,14H,3-11H2,1-2H3,(H,18,19,20). The van der Waals surface area contributed by atoms with Crippen molar-refractivity contribution < 1.29 is 9.59 Å². The summed E-state index contributed by atoms with van der Waals surface area (Å²) in [5, 5.41) is 2.57. The third-order valence-electron chi connectivity index (χ3n) is 6.35. The molecule has 1 atom stereocenters. The first-order chi connectivity index (χ1) is 9.46. The summed E-state index contributed by atoms with van der Waals surface area (Å²) < 4.78 is 0. The van der Waals surface area contributed by atoms with Crippen molar-refractivity contribution in [1.29, 1.82) is 0 Å². The molecule has 2 amide bonds. The third-order valence-corrected chi connectivity index (χ3v) is 6.35. The maximum Gasteiger partial charge on any atom is 0.230 e. The third kappa shape index (κ3) is 2.19. The van der Waals surface area contributed by atoms with Crippen LogP contribution in [0.1, 0.15) is 71.6 Å². The van der Waals surface area contributed by atoms with Gasteiger partial charge in [0.1, 0.15) is 0 Å². The lowest BCUT2D eigenvalue weighted by atomic mass is 9.54. The van der Waals surface area contributed by atoms with Gasteiger partial charge in [0.2, 0.25) is 11.8 Å². The van der Waals surface area contributed by atoms with Gasteiger partial charge >= 0.3 is 0 Å². The average Bonchev–Trinajstić information content (AvgIpc) is 2.81. The molecule has 1 unspecified atom stereocenters. The minimum atomic E-state index is -0.0470. The Morgan fingerprint density at radius 1 is 1.00 bits per heavy atom. The number of imide groups is 1. The molecule has 2 saturated carbocycles. The van der Waals surface area contributed by atoms with Crippen LogP contribution in [0.2, 0.25) is 0 Å². The lowest BCUT2D eigenvalue weighted by Gasteiger charge is -2.51. The Morgan fingerprint density at radius 2 is 1.60 bits per heavy atom. The first-order valence-electron chi connectivity index (χ1n) is 8.30. The van der Waals surface area contributed by atoms with Gasteiger partial charge in [0, 0.05) is 12.3 Å². The Bertz CT molecular complexity index is 411. The molecule has 3 heteroatoms. The predicted molar refractivity (Wildman–Crippen MR) is 77.9 cm³/mol. The van der Waals surface area contributed by atoms with Crippen molar-refractivity contribution in [3.05, 3.63) is 0 Å². The molecule has 0 aromatic rings. The average molecular weight is 277 g/mol. The minimum absolute atomic E-state index is 0.0152. The highest BCUT2D eigenvalue weighted by molar-refractivity contribution is 5.99. The number of hydrogen-bond acceptors (Lipinski definition) is 2. The highest BCUT2D eigenvalue weighted by atomic mass is 16.2. The topological polar surface area (TPSA) is 46.2 Å². The van der Waals surface area contributed by atoms with Gasteiger partial charge in [-0.3, -0.25) is 14.9 Å². The summed E-state index contributed by atoms with van der Waals surface area (Å²) in [6, 6.07) is 0. The molecule has 3 nitrogen and oxygen atoms in total. The molecule has 2 aliphatic carbocycles. The number of piperidine rings is 1. The summed E-state index contributed by atoms with van der Waals surface area (Å²) in [6.07, 6.45) is 10.7. The molecule has 0 radical (unpaired) electrons. The highest BCUT2D eigenvalue weighted by Gasteiger charge is 2.53. The molecular weight excluding hydrogens is 250 g/mol. The zero-order valence-corrected chi connectivity index (χ0v) is 12.8. The van der Waals surface area contributed by atoms with Gasteiger partial charge in [-0.1, -0.05) is 26.7 Å². The first-order valence-corrected chi connectivity index (χ1v) is 8.30. The van der Waals surface area contributed by atoms with Crippen LogP contribution in [0.15, 0.2) is 0 Å². The van der Waals surface area contributed by atoms with Crippen LogP contribution < -0.4 is 5.32 Å². The Hall–Kier alpha value is -0.860. The summed E-state index contributed by atoms with van der Waals surface area (Å²) >= 11 is 0. The normalized spacial score (nSPS) is 32.0. The van der Waals surface area contributed by atoms with Gasteiger partial charge < -0.3 is 0 Å². The van der Waals surface area contributed by atoms with Crippen LogP contribution in [0.5, 0.6) is 0 Å². The van der Waals surface area contributed by atoms with Gasteiger partial charge in [-0.2, -0.15) is 0 Å². The van der Waals surface area contributed by atoms with Gasteiger partial charge in [-0.15, -0.1) is 0 Å². The van der Waals surface area contributed by atoms with Crippen molar-refractivity contribution in [2.24, 2.45) is 22.7 Å². The molecule has 0 aromatic carbocycles. The van der Waals surface area contributed by atoms with Crippen molar-refractivity contribution in [3.8, 4) is 0 Å². The van der Waals surface area contributed by atoms with Crippen LogP contribution in [-0.4, -0.2) is 11.8 Å². The summed E-state index contributed by atoms with van der Waals surface area (Å²) in [4.78, 5) is 24.2. The second kappa shape index (κ2) is 4.85. The highest BCUT2D eigenvalue weighted by Crippen LogP contribution is 2.58. The Balaban J connectivity index is 1.82. The molecule has 0 bridgehead atoms. The van der Waals surface area contributed by atoms with Gasteiger partial charge in [0.25, 0.3) is 0 Å². The maximum absolute atomic E-state index is 12.3. The monoisotopic (exact) mass is 277 g/mol. The SMILES string of the molecule is CC(C)C1C(=O)NC(=O)CC12CCC1(CCCC1)CC2. The largest absolute Gasteiger partial charge is 0.296 e. The summed E-state index contributed by atoms with van der Waals surface area (Å²) in [6.45, 7) is 4.25. The van der Waals surface area contributed by atoms with Crippen molar-refractivity contribution in [2.75, 3.05) is 0 Å². The fraction of sp³-hybridized carbons (Fsp3) is 0.882. The quantitative estimate of drug-likeness (QED) is 0.746. The zero-order valence-electron chi connectivity index (χ0n) is 12.8. The molecule has 112 valence electrons. The Labute approximate surface area is 121 Å². The summed E-state index contributed by atoms with van der Waals surface area (Å²) in [5.74, 6) is 0.285. The van der Waals surface area contributed by atoms with Crippen molar-refractivity contribution >= 4 is 11.8 Å². The van der Waals surface area contributed by atoms with Crippen LogP contribution >= 0.6 is 0 Å². The molecule has 1 N–H and O–H groups in total. The van der Waals surface area contributed by atoms with Crippen molar-refractivity contribution in [3.63, 3.8) is 0 Å². The van der Waals surface area contributed by atoms with Crippen LogP contribution in [0.4, 0.5) is 0 Å². The van der Waals surface area contributed by atoms with Crippen LogP contribution in [0.3, 0.4) is 0 Å². The number of carbonyl (C=O) groups is 2. The minimum Gasteiger partial charge on any atom is -0.296 e. The number of carbonyl (C=O) groups excluding carboxylic acids is 2. The van der Waals surface area contributed by atoms with E-state index in [1.165, 1.54) is 38.5 Å². The molecule has 1 heterocycles. The lowest BCUT2D eigenvalue weighted by Crippen LogP contribution is -2.55. The molecule has 1 aliphatic heterocycles. The van der Waals surface area contributed by atoms with Gasteiger partial charge in [0.05, 0.1) is 0 Å². The van der Waals surface area contributed by atoms with E-state index < -0.39 is 0 Å². The van der Waals surface area contributed by atoms with E-state index in [9.17, 15) is 9.59 Å². The Morgan fingerprint density at radius 3 is 2.15 bits per heavy atom. The lowest BCUT2D eigenvalue weighted by molar-refractivity contribution is -0.149. The molecular formula is C17H27NO2. The molecule has 3 fully saturated rings. The van der Waals surface area contributed by atoms with E-state index in [2.05, 4.69) is 19.2 Å². The van der Waals surface area contributed by atoms with Crippen molar-refractivity contribution in [1.82, 2.24) is 5.32 Å². The van der Waals surface area contributed by atoms with Gasteiger partial charge in [0.15, 0.2) is 0 Å².